The molecule has 1 aromatic carbocycles. The maximum atomic E-state index is 12.3. The summed E-state index contributed by atoms with van der Waals surface area (Å²) in [6.07, 6.45) is 2.56. The third-order valence-corrected chi connectivity index (χ3v) is 4.00. The molecule has 2 heterocycles. The predicted molar refractivity (Wildman–Crippen MR) is 83.2 cm³/mol. The average molecular weight is 301 g/mol. The molecule has 0 saturated heterocycles. The summed E-state index contributed by atoms with van der Waals surface area (Å²) in [6.45, 7) is 2.42. The van der Waals surface area contributed by atoms with Gasteiger partial charge < -0.3 is 11.1 Å². The van der Waals surface area contributed by atoms with Gasteiger partial charge in [-0.3, -0.25) is 9.89 Å². The highest BCUT2D eigenvalue weighted by Gasteiger charge is 2.11. The number of carbonyl (C=O) groups excluding carboxylic acids is 1. The van der Waals surface area contributed by atoms with E-state index in [0.29, 0.717) is 17.2 Å². The monoisotopic (exact) mass is 301 g/mol. The Balaban J connectivity index is 1.80. The van der Waals surface area contributed by atoms with Crippen molar-refractivity contribution in [2.24, 2.45) is 0 Å². The van der Waals surface area contributed by atoms with Gasteiger partial charge in [-0.1, -0.05) is 6.92 Å². The normalized spacial score (nSPS) is 10.9. The zero-order valence-electron chi connectivity index (χ0n) is 11.5. The minimum atomic E-state index is -0.126. The molecular formula is C14H15N5OS. The van der Waals surface area contributed by atoms with Gasteiger partial charge in [-0.2, -0.15) is 5.10 Å². The van der Waals surface area contributed by atoms with Gasteiger partial charge in [-0.05, 0) is 24.1 Å². The molecule has 0 aliphatic carbocycles. The number of nitrogen functional groups attached to an aromatic ring is 1. The minimum absolute atomic E-state index is 0.126. The van der Waals surface area contributed by atoms with Gasteiger partial charge in [0.15, 0.2) is 5.13 Å². The lowest BCUT2D eigenvalue weighted by Crippen LogP contribution is -2.23. The van der Waals surface area contributed by atoms with Gasteiger partial charge in [0.2, 0.25) is 0 Å². The van der Waals surface area contributed by atoms with Crippen LogP contribution in [0, 0.1) is 0 Å². The second kappa shape index (κ2) is 5.53. The molecule has 3 rings (SSSR count). The van der Waals surface area contributed by atoms with Gasteiger partial charge >= 0.3 is 0 Å². The van der Waals surface area contributed by atoms with Crippen molar-refractivity contribution in [3.05, 3.63) is 40.5 Å². The molecule has 0 aliphatic rings. The average Bonchev–Trinajstić information content (AvgIpc) is 3.12. The summed E-state index contributed by atoms with van der Waals surface area (Å²) in [7, 11) is 0. The molecule has 1 amide bonds. The van der Waals surface area contributed by atoms with E-state index in [0.717, 1.165) is 28.6 Å². The number of rotatable bonds is 4. The number of fused-ring (bicyclic) bond motifs is 1. The first-order chi connectivity index (χ1) is 10.2. The van der Waals surface area contributed by atoms with Crippen molar-refractivity contribution >= 4 is 33.3 Å². The molecule has 3 aromatic rings. The molecule has 0 spiro atoms. The van der Waals surface area contributed by atoms with E-state index in [1.54, 1.807) is 6.20 Å². The van der Waals surface area contributed by atoms with Crippen LogP contribution in [0.15, 0.2) is 23.7 Å². The number of aromatic nitrogens is 3. The molecule has 0 saturated carbocycles. The van der Waals surface area contributed by atoms with Gasteiger partial charge in [-0.15, -0.1) is 11.3 Å². The molecular weight excluding hydrogens is 286 g/mol. The molecule has 0 radical (unpaired) electrons. The Morgan fingerprint density at radius 3 is 3.05 bits per heavy atom. The number of aromatic amines is 1. The first-order valence-electron chi connectivity index (χ1n) is 6.61. The number of nitrogens with zero attached hydrogens (tertiary/aromatic N) is 2. The Labute approximate surface area is 125 Å². The lowest BCUT2D eigenvalue weighted by molar-refractivity contribution is 0.0950. The molecule has 4 N–H and O–H groups in total. The second-order valence-corrected chi connectivity index (χ2v) is 5.57. The number of anilines is 1. The molecule has 7 heteroatoms. The summed E-state index contributed by atoms with van der Waals surface area (Å²) in [5.41, 5.74) is 9.03. The molecule has 0 aliphatic heterocycles. The molecule has 108 valence electrons. The van der Waals surface area contributed by atoms with Crippen molar-refractivity contribution < 1.29 is 4.79 Å². The summed E-state index contributed by atoms with van der Waals surface area (Å²) in [6, 6.07) is 3.73. The largest absolute Gasteiger partial charge is 0.375 e. The highest BCUT2D eigenvalue weighted by atomic mass is 32.1. The fourth-order valence-electron chi connectivity index (χ4n) is 2.22. The van der Waals surface area contributed by atoms with Crippen molar-refractivity contribution in [3.8, 4) is 0 Å². The number of amides is 1. The number of carbonyl (C=O) groups is 1. The van der Waals surface area contributed by atoms with Crippen molar-refractivity contribution in [1.82, 2.24) is 20.5 Å². The van der Waals surface area contributed by atoms with E-state index < -0.39 is 0 Å². The molecule has 0 unspecified atom stereocenters. The van der Waals surface area contributed by atoms with Gasteiger partial charge in [0.1, 0.15) is 0 Å². The zero-order chi connectivity index (χ0) is 14.8. The number of thiazole rings is 1. The van der Waals surface area contributed by atoms with Crippen LogP contribution in [0.3, 0.4) is 0 Å². The van der Waals surface area contributed by atoms with Gasteiger partial charge in [0.05, 0.1) is 24.0 Å². The van der Waals surface area contributed by atoms with Crippen molar-refractivity contribution in [3.63, 3.8) is 0 Å². The standard InChI is InChI=1S/C14H15N5OS/c1-2-8-3-9(4-10-5-17-19-12(8)10)13(20)16-6-11-7-21-14(15)18-11/h3-5,7H,2,6H2,1H3,(H2,15,18)(H,16,20)(H,17,19). The Bertz CT molecular complexity index is 792. The van der Waals surface area contributed by atoms with Crippen LogP contribution in [0.2, 0.25) is 0 Å². The first kappa shape index (κ1) is 13.6. The first-order valence-corrected chi connectivity index (χ1v) is 7.49. The van der Waals surface area contributed by atoms with Crippen LogP contribution in [0.1, 0.15) is 28.5 Å². The number of nitrogens with one attached hydrogen (secondary N) is 2. The van der Waals surface area contributed by atoms with Gasteiger partial charge in [-0.25, -0.2) is 4.98 Å². The van der Waals surface area contributed by atoms with Crippen molar-refractivity contribution in [2.75, 3.05) is 5.73 Å². The van der Waals surface area contributed by atoms with Crippen LogP contribution in [0.5, 0.6) is 0 Å². The fourth-order valence-corrected chi connectivity index (χ4v) is 2.78. The topological polar surface area (TPSA) is 96.7 Å². The lowest BCUT2D eigenvalue weighted by Gasteiger charge is -2.06. The zero-order valence-corrected chi connectivity index (χ0v) is 12.3. The number of aryl methyl sites for hydroxylation is 1. The summed E-state index contributed by atoms with van der Waals surface area (Å²) in [4.78, 5) is 16.4. The minimum Gasteiger partial charge on any atom is -0.375 e. The molecule has 0 bridgehead atoms. The van der Waals surface area contributed by atoms with E-state index >= 15 is 0 Å². The van der Waals surface area contributed by atoms with Crippen LogP contribution in [-0.2, 0) is 13.0 Å². The Hall–Kier alpha value is -2.41. The maximum Gasteiger partial charge on any atom is 0.251 e. The second-order valence-electron chi connectivity index (χ2n) is 4.68. The van der Waals surface area contributed by atoms with Crippen LogP contribution >= 0.6 is 11.3 Å². The van der Waals surface area contributed by atoms with Crippen LogP contribution < -0.4 is 11.1 Å². The molecule has 0 fully saturated rings. The summed E-state index contributed by atoms with van der Waals surface area (Å²) in [5.74, 6) is -0.126. The van der Waals surface area contributed by atoms with Crippen LogP contribution in [0.25, 0.3) is 10.9 Å². The molecule has 2 aromatic heterocycles. The predicted octanol–water partition coefficient (Wildman–Crippen LogP) is 2.09. The number of nitrogens with two attached hydrogens (primary N) is 1. The smallest absolute Gasteiger partial charge is 0.251 e. The van der Waals surface area contributed by atoms with Crippen molar-refractivity contribution in [1.29, 1.82) is 0 Å². The molecule has 0 atom stereocenters. The third-order valence-electron chi connectivity index (χ3n) is 3.27. The van der Waals surface area contributed by atoms with E-state index in [9.17, 15) is 4.79 Å². The Kier molecular flexibility index (Phi) is 3.57. The Morgan fingerprint density at radius 1 is 1.48 bits per heavy atom. The van der Waals surface area contributed by atoms with E-state index in [1.807, 2.05) is 17.5 Å². The van der Waals surface area contributed by atoms with Crippen molar-refractivity contribution in [2.45, 2.75) is 19.9 Å². The molecule has 6 nitrogen and oxygen atoms in total. The number of hydrogen-bond donors (Lipinski definition) is 3. The van der Waals surface area contributed by atoms with E-state index in [4.69, 9.17) is 5.73 Å². The third kappa shape index (κ3) is 2.73. The fraction of sp³-hybridized carbons (Fsp3) is 0.214. The Morgan fingerprint density at radius 2 is 2.33 bits per heavy atom. The quantitative estimate of drug-likeness (QED) is 0.687. The summed E-state index contributed by atoms with van der Waals surface area (Å²) >= 11 is 1.36. The van der Waals surface area contributed by atoms with Gasteiger partial charge in [0, 0.05) is 16.3 Å². The van der Waals surface area contributed by atoms with Gasteiger partial charge in [0.25, 0.3) is 5.91 Å². The SMILES string of the molecule is CCc1cc(C(=O)NCc2csc(N)n2)cc2cn[nH]c12. The van der Waals surface area contributed by atoms with E-state index in [-0.39, 0.29) is 5.91 Å². The number of benzene rings is 1. The highest BCUT2D eigenvalue weighted by molar-refractivity contribution is 7.13. The highest BCUT2D eigenvalue weighted by Crippen LogP contribution is 2.19. The lowest BCUT2D eigenvalue weighted by atomic mass is 10.0. The summed E-state index contributed by atoms with van der Waals surface area (Å²) in [5, 5.41) is 13.1. The van der Waals surface area contributed by atoms with E-state index in [2.05, 4.69) is 27.4 Å². The number of hydrogen-bond acceptors (Lipinski definition) is 5. The number of H-pyrrole nitrogens is 1. The molecule has 21 heavy (non-hydrogen) atoms. The van der Waals surface area contributed by atoms with E-state index in [1.165, 1.54) is 11.3 Å². The maximum absolute atomic E-state index is 12.3. The summed E-state index contributed by atoms with van der Waals surface area (Å²) < 4.78 is 0. The van der Waals surface area contributed by atoms with Crippen LogP contribution in [-0.4, -0.2) is 21.1 Å². The van der Waals surface area contributed by atoms with Crippen LogP contribution in [0.4, 0.5) is 5.13 Å².